The van der Waals surface area contributed by atoms with Gasteiger partial charge in [0.1, 0.15) is 11.6 Å². The molecule has 0 spiro atoms. The van der Waals surface area contributed by atoms with Crippen LogP contribution in [0.4, 0.5) is 10.1 Å². The van der Waals surface area contributed by atoms with Gasteiger partial charge in [0.25, 0.3) is 0 Å². The second kappa shape index (κ2) is 15.4. The highest BCUT2D eigenvalue weighted by atomic mass is 19.1. The molecule has 3 nitrogen and oxygen atoms in total. The Labute approximate surface area is 207 Å². The highest BCUT2D eigenvalue weighted by Crippen LogP contribution is 2.24. The van der Waals surface area contributed by atoms with Crippen molar-refractivity contribution in [2.45, 2.75) is 79.7 Å². The lowest BCUT2D eigenvalue weighted by Gasteiger charge is -2.19. The zero-order valence-electron chi connectivity index (χ0n) is 22.4. The number of anilines is 1. The van der Waals surface area contributed by atoms with Gasteiger partial charge in [-0.15, -0.1) is 0 Å². The molecule has 1 unspecified atom stereocenters. The number of rotatable bonds is 7. The van der Waals surface area contributed by atoms with Crippen molar-refractivity contribution >= 4 is 17.0 Å². The number of hydrogen-bond acceptors (Lipinski definition) is 3. The number of allylic oxidation sites excluding steroid dienone is 1. The lowest BCUT2D eigenvalue weighted by atomic mass is 9.97. The predicted octanol–water partition coefficient (Wildman–Crippen LogP) is 7.29. The first kappa shape index (κ1) is 29.6. The summed E-state index contributed by atoms with van der Waals surface area (Å²) in [7, 11) is 1.96. The molecule has 0 saturated carbocycles. The fourth-order valence-corrected chi connectivity index (χ4v) is 3.95. The smallest absolute Gasteiger partial charge is 0.146 e. The number of Topliss-reactive ketones (excluding diaryl/α,β-unsaturated/α-hetero) is 1. The zero-order valence-corrected chi connectivity index (χ0v) is 22.4. The van der Waals surface area contributed by atoms with E-state index in [1.54, 1.807) is 6.07 Å². The minimum atomic E-state index is -0.105. The average Bonchev–Trinajstić information content (AvgIpc) is 3.28. The van der Waals surface area contributed by atoms with Gasteiger partial charge in [-0.05, 0) is 69.5 Å². The average molecular weight is 469 g/mol. The Morgan fingerprint density at radius 2 is 1.71 bits per heavy atom. The maximum Gasteiger partial charge on any atom is 0.146 e. The molecule has 1 fully saturated rings. The Hall–Kier alpha value is -2.46. The normalized spacial score (nSPS) is 14.6. The van der Waals surface area contributed by atoms with Gasteiger partial charge in [0, 0.05) is 32.0 Å². The zero-order chi connectivity index (χ0) is 25.7. The van der Waals surface area contributed by atoms with E-state index in [1.807, 2.05) is 40.0 Å². The fourth-order valence-electron chi connectivity index (χ4n) is 3.95. The number of carbonyl (C=O) groups excluding carboxylic acids is 1. The van der Waals surface area contributed by atoms with Gasteiger partial charge in [-0.1, -0.05) is 69.2 Å². The number of hydrogen-bond donors (Lipinski definition) is 1. The molecule has 34 heavy (non-hydrogen) atoms. The van der Waals surface area contributed by atoms with Gasteiger partial charge in [0.15, 0.2) is 0 Å². The third-order valence-corrected chi connectivity index (χ3v) is 6.07. The molecule has 1 heterocycles. The van der Waals surface area contributed by atoms with Crippen LogP contribution in [0.15, 0.2) is 43.0 Å². The Bertz CT molecular complexity index is 916. The van der Waals surface area contributed by atoms with E-state index < -0.39 is 0 Å². The molecule has 3 rings (SSSR count). The number of aryl methyl sites for hydroxylation is 3. The van der Waals surface area contributed by atoms with E-state index in [1.165, 1.54) is 28.7 Å². The third-order valence-electron chi connectivity index (χ3n) is 6.07. The molecular weight excluding hydrogens is 423 g/mol. The van der Waals surface area contributed by atoms with E-state index >= 15 is 0 Å². The molecule has 2 aromatic rings. The molecule has 0 amide bonds. The van der Waals surface area contributed by atoms with Crippen LogP contribution >= 0.6 is 0 Å². The van der Waals surface area contributed by atoms with Crippen molar-refractivity contribution < 1.29 is 9.18 Å². The van der Waals surface area contributed by atoms with Crippen LogP contribution in [0, 0.1) is 19.7 Å². The van der Waals surface area contributed by atoms with Crippen molar-refractivity contribution in [1.29, 1.82) is 0 Å². The number of halogens is 1. The first-order valence-corrected chi connectivity index (χ1v) is 12.6. The molecule has 0 radical (unpaired) electrons. The van der Waals surface area contributed by atoms with Crippen molar-refractivity contribution in [3.8, 4) is 0 Å². The summed E-state index contributed by atoms with van der Waals surface area (Å²) >= 11 is 0. The van der Waals surface area contributed by atoms with E-state index in [0.29, 0.717) is 24.7 Å². The molecule has 0 bridgehead atoms. The first-order valence-electron chi connectivity index (χ1n) is 12.6. The van der Waals surface area contributed by atoms with Crippen LogP contribution in [0.5, 0.6) is 0 Å². The molecule has 188 valence electrons. The summed E-state index contributed by atoms with van der Waals surface area (Å²) < 4.78 is 13.7. The Morgan fingerprint density at radius 3 is 2.18 bits per heavy atom. The van der Waals surface area contributed by atoms with E-state index in [-0.39, 0.29) is 5.82 Å². The van der Waals surface area contributed by atoms with Crippen LogP contribution in [0.2, 0.25) is 0 Å². The first-order chi connectivity index (χ1) is 16.2. The summed E-state index contributed by atoms with van der Waals surface area (Å²) in [4.78, 5) is 12.3. The van der Waals surface area contributed by atoms with Crippen molar-refractivity contribution in [1.82, 2.24) is 5.32 Å². The van der Waals surface area contributed by atoms with Crippen LogP contribution < -0.4 is 10.2 Å². The Morgan fingerprint density at radius 1 is 1.09 bits per heavy atom. The number of carbonyl (C=O) groups is 1. The quantitative estimate of drug-likeness (QED) is 0.463. The molecule has 0 aliphatic carbocycles. The van der Waals surface area contributed by atoms with Gasteiger partial charge < -0.3 is 10.2 Å². The molecule has 4 heteroatoms. The Balaban J connectivity index is 0.000000279. The minimum Gasteiger partial charge on any atom is -0.368 e. The maximum atomic E-state index is 13.7. The SMILES string of the molecule is C=C(C)c1ccc(C)cc1CCC.CCC(=O)CC.CNC1CCN(c2ccc(C)cc2F)C1. The van der Waals surface area contributed by atoms with Crippen LogP contribution in [0.3, 0.4) is 0 Å². The summed E-state index contributed by atoms with van der Waals surface area (Å²) in [5.41, 5.74) is 6.98. The van der Waals surface area contributed by atoms with Gasteiger partial charge in [0.05, 0.1) is 5.69 Å². The van der Waals surface area contributed by atoms with Gasteiger partial charge in [0.2, 0.25) is 0 Å². The second-order valence-electron chi connectivity index (χ2n) is 9.11. The van der Waals surface area contributed by atoms with Crippen molar-refractivity contribution in [2.24, 2.45) is 0 Å². The monoisotopic (exact) mass is 468 g/mol. The molecule has 0 aromatic heterocycles. The molecule has 1 aliphatic heterocycles. The van der Waals surface area contributed by atoms with E-state index in [9.17, 15) is 9.18 Å². The summed E-state index contributed by atoms with van der Waals surface area (Å²) in [6.45, 7) is 17.9. The maximum absolute atomic E-state index is 13.7. The molecule has 1 aliphatic rings. The molecule has 1 saturated heterocycles. The van der Waals surface area contributed by atoms with Crippen LogP contribution in [0.1, 0.15) is 75.6 Å². The predicted molar refractivity (Wildman–Crippen MR) is 146 cm³/mol. The van der Waals surface area contributed by atoms with Gasteiger partial charge >= 0.3 is 0 Å². The minimum absolute atomic E-state index is 0.105. The largest absolute Gasteiger partial charge is 0.368 e. The third kappa shape index (κ3) is 9.80. The number of nitrogens with one attached hydrogen (secondary N) is 1. The highest BCUT2D eigenvalue weighted by molar-refractivity contribution is 5.77. The highest BCUT2D eigenvalue weighted by Gasteiger charge is 2.22. The van der Waals surface area contributed by atoms with Crippen LogP contribution in [-0.4, -0.2) is 32.0 Å². The van der Waals surface area contributed by atoms with Crippen LogP contribution in [0.25, 0.3) is 5.57 Å². The number of benzene rings is 2. The van der Waals surface area contributed by atoms with Gasteiger partial charge in [-0.25, -0.2) is 4.39 Å². The Kier molecular flexibility index (Phi) is 13.4. The van der Waals surface area contributed by atoms with Crippen molar-refractivity contribution in [3.63, 3.8) is 0 Å². The van der Waals surface area contributed by atoms with Crippen molar-refractivity contribution in [2.75, 3.05) is 25.0 Å². The fraction of sp³-hybridized carbons (Fsp3) is 0.500. The lowest BCUT2D eigenvalue weighted by molar-refractivity contribution is -0.118. The lowest BCUT2D eigenvalue weighted by Crippen LogP contribution is -2.29. The summed E-state index contributed by atoms with van der Waals surface area (Å²) in [5, 5.41) is 3.23. The summed E-state index contributed by atoms with van der Waals surface area (Å²) in [6, 6.07) is 12.5. The second-order valence-corrected chi connectivity index (χ2v) is 9.11. The van der Waals surface area contributed by atoms with Gasteiger partial charge in [-0.3, -0.25) is 4.79 Å². The molecular formula is C30H45FN2O. The molecule has 2 aromatic carbocycles. The molecule has 1 N–H and O–H groups in total. The standard InChI is InChI=1S/C13H18.C12H17FN2.C5H10O/c1-5-6-12-9-11(4)7-8-13(12)10(2)3;1-9-3-4-12(11(13)7-9)15-6-5-10(8-15)14-2;1-3-5(6)4-2/h7-9H,2,5-6H2,1,3-4H3;3-4,7,10,14H,5-6,8H2,1-2H3;3-4H2,1-2H3. The number of ketones is 1. The van der Waals surface area contributed by atoms with E-state index in [0.717, 1.165) is 37.2 Å². The van der Waals surface area contributed by atoms with Crippen molar-refractivity contribution in [3.05, 3.63) is 71.0 Å². The van der Waals surface area contributed by atoms with E-state index in [4.69, 9.17) is 0 Å². The number of likely N-dealkylation sites (N-methyl/N-ethyl adjacent to an activating group) is 1. The van der Waals surface area contributed by atoms with Gasteiger partial charge in [-0.2, -0.15) is 0 Å². The summed E-state index contributed by atoms with van der Waals surface area (Å²) in [5.74, 6) is 0.238. The summed E-state index contributed by atoms with van der Waals surface area (Å²) in [6.07, 6.45) is 4.82. The topological polar surface area (TPSA) is 32.3 Å². The number of nitrogens with zero attached hydrogens (tertiary/aromatic N) is 1. The molecule has 1 atom stereocenters. The van der Waals surface area contributed by atoms with Crippen LogP contribution in [-0.2, 0) is 11.2 Å². The van der Waals surface area contributed by atoms with E-state index in [2.05, 4.69) is 55.8 Å².